The summed E-state index contributed by atoms with van der Waals surface area (Å²) in [6.07, 6.45) is 7.78. The first-order valence-corrected chi connectivity index (χ1v) is 8.07. The maximum atomic E-state index is 9.44. The van der Waals surface area contributed by atoms with Crippen LogP contribution in [-0.4, -0.2) is 37.9 Å². The summed E-state index contributed by atoms with van der Waals surface area (Å²) in [5.41, 5.74) is 0. The van der Waals surface area contributed by atoms with E-state index < -0.39 is 0 Å². The van der Waals surface area contributed by atoms with Crippen molar-refractivity contribution in [3.63, 3.8) is 0 Å². The molecule has 1 aromatic rings. The normalized spacial score (nSPS) is 20.1. The van der Waals surface area contributed by atoms with Gasteiger partial charge in [0.05, 0.1) is 6.67 Å². The fourth-order valence-electron chi connectivity index (χ4n) is 3.28. The first kappa shape index (κ1) is 14.2. The molecule has 0 spiro atoms. The van der Waals surface area contributed by atoms with E-state index in [4.69, 9.17) is 12.2 Å². The Morgan fingerprint density at radius 2 is 2.00 bits per heavy atom. The van der Waals surface area contributed by atoms with Gasteiger partial charge in [0.25, 0.3) is 0 Å². The minimum Gasteiger partial charge on any atom is -0.388 e. The maximum absolute atomic E-state index is 9.44. The fourth-order valence-corrected chi connectivity index (χ4v) is 3.64. The molecular weight excluding hydrogens is 272 g/mol. The zero-order valence-corrected chi connectivity index (χ0v) is 13.0. The highest BCUT2D eigenvalue weighted by Crippen LogP contribution is 2.36. The molecule has 0 aromatic carbocycles. The van der Waals surface area contributed by atoms with Crippen LogP contribution in [0, 0.1) is 10.7 Å². The van der Waals surface area contributed by atoms with Gasteiger partial charge in [-0.2, -0.15) is 5.10 Å². The molecule has 1 aromatic heterocycles. The van der Waals surface area contributed by atoms with Crippen molar-refractivity contribution >= 4 is 12.2 Å². The first-order chi connectivity index (χ1) is 9.69. The average molecular weight is 296 g/mol. The van der Waals surface area contributed by atoms with Crippen LogP contribution in [0.5, 0.6) is 0 Å². The summed E-state index contributed by atoms with van der Waals surface area (Å²) in [5.74, 6) is 1.55. The lowest BCUT2D eigenvalue weighted by Gasteiger charge is -2.20. The first-order valence-electron chi connectivity index (χ1n) is 7.66. The maximum Gasteiger partial charge on any atom is 0.199 e. The Labute approximate surface area is 125 Å². The van der Waals surface area contributed by atoms with E-state index in [1.807, 2.05) is 9.25 Å². The van der Waals surface area contributed by atoms with E-state index in [1.165, 1.54) is 25.7 Å². The van der Waals surface area contributed by atoms with Crippen molar-refractivity contribution in [2.24, 2.45) is 5.92 Å². The Hall–Kier alpha value is -0.720. The van der Waals surface area contributed by atoms with Crippen molar-refractivity contribution < 1.29 is 5.11 Å². The summed E-state index contributed by atoms with van der Waals surface area (Å²) >= 11 is 5.52. The summed E-state index contributed by atoms with van der Waals surface area (Å²) in [4.78, 5) is 2.30. The second kappa shape index (κ2) is 5.95. The third-order valence-electron chi connectivity index (χ3n) is 4.41. The van der Waals surface area contributed by atoms with Crippen molar-refractivity contribution in [2.45, 2.75) is 57.8 Å². The van der Waals surface area contributed by atoms with E-state index in [2.05, 4.69) is 17.0 Å². The Bertz CT molecular complexity index is 514. The molecule has 1 heterocycles. The van der Waals surface area contributed by atoms with Crippen molar-refractivity contribution in [2.75, 3.05) is 13.6 Å². The molecule has 3 rings (SSSR count). The number of aliphatic hydroxyl groups excluding tert-OH is 1. The number of rotatable bonds is 6. The van der Waals surface area contributed by atoms with Gasteiger partial charge in [0.2, 0.25) is 0 Å². The molecule has 0 radical (unpaired) electrons. The molecule has 0 unspecified atom stereocenters. The van der Waals surface area contributed by atoms with E-state index >= 15 is 0 Å². The van der Waals surface area contributed by atoms with Gasteiger partial charge in [0, 0.05) is 12.6 Å². The van der Waals surface area contributed by atoms with Crippen LogP contribution in [0.15, 0.2) is 0 Å². The van der Waals surface area contributed by atoms with Crippen LogP contribution >= 0.6 is 12.2 Å². The Morgan fingerprint density at radius 3 is 2.60 bits per heavy atom. The van der Waals surface area contributed by atoms with Crippen molar-refractivity contribution in [1.29, 1.82) is 0 Å². The molecule has 1 N–H and O–H groups in total. The molecule has 2 aliphatic rings. The topological polar surface area (TPSA) is 46.2 Å². The molecule has 20 heavy (non-hydrogen) atoms. The van der Waals surface area contributed by atoms with E-state index in [1.54, 1.807) is 0 Å². The second-order valence-corrected chi connectivity index (χ2v) is 6.65. The lowest BCUT2D eigenvalue weighted by molar-refractivity contribution is 0.213. The van der Waals surface area contributed by atoms with Gasteiger partial charge < -0.3 is 5.11 Å². The van der Waals surface area contributed by atoms with Crippen LogP contribution in [-0.2, 0) is 13.3 Å². The molecule has 0 atom stereocenters. The average Bonchev–Trinajstić information content (AvgIpc) is 3.04. The van der Waals surface area contributed by atoms with Crippen LogP contribution in [0.1, 0.15) is 50.4 Å². The SMILES string of the molecule is CN(CC1CCCC1)Cn1nc(CO)n(C2CC2)c1=S. The van der Waals surface area contributed by atoms with Gasteiger partial charge in [-0.1, -0.05) is 12.8 Å². The predicted molar refractivity (Wildman–Crippen MR) is 79.8 cm³/mol. The zero-order chi connectivity index (χ0) is 14.1. The highest BCUT2D eigenvalue weighted by molar-refractivity contribution is 7.71. The lowest BCUT2D eigenvalue weighted by atomic mass is 10.1. The second-order valence-electron chi connectivity index (χ2n) is 6.29. The van der Waals surface area contributed by atoms with Crippen LogP contribution in [0.3, 0.4) is 0 Å². The van der Waals surface area contributed by atoms with Gasteiger partial charge in [-0.05, 0) is 50.9 Å². The number of nitrogens with zero attached hydrogens (tertiary/aromatic N) is 4. The lowest BCUT2D eigenvalue weighted by Crippen LogP contribution is -2.27. The minimum absolute atomic E-state index is 0.0283. The zero-order valence-electron chi connectivity index (χ0n) is 12.2. The van der Waals surface area contributed by atoms with Gasteiger partial charge >= 0.3 is 0 Å². The van der Waals surface area contributed by atoms with Crippen molar-refractivity contribution in [1.82, 2.24) is 19.2 Å². The van der Waals surface area contributed by atoms with Crippen molar-refractivity contribution in [3.05, 3.63) is 10.6 Å². The highest BCUT2D eigenvalue weighted by Gasteiger charge is 2.28. The van der Waals surface area contributed by atoms with Crippen LogP contribution in [0.4, 0.5) is 0 Å². The van der Waals surface area contributed by atoms with E-state index in [9.17, 15) is 5.11 Å². The summed E-state index contributed by atoms with van der Waals surface area (Å²) < 4.78 is 4.67. The quantitative estimate of drug-likeness (QED) is 0.818. The molecule has 112 valence electrons. The molecule has 0 aliphatic heterocycles. The summed E-state index contributed by atoms with van der Waals surface area (Å²) in [6.45, 7) is 1.81. The molecule has 6 heteroatoms. The van der Waals surface area contributed by atoms with Crippen molar-refractivity contribution in [3.8, 4) is 0 Å². The number of aromatic nitrogens is 3. The number of hydrogen-bond acceptors (Lipinski definition) is 4. The van der Waals surface area contributed by atoms with Crippen LogP contribution in [0.25, 0.3) is 0 Å². The molecule has 5 nitrogen and oxygen atoms in total. The standard InChI is InChI=1S/C14H24N4OS/c1-16(8-11-4-2-3-5-11)10-17-14(20)18(12-6-7-12)13(9-19)15-17/h11-12,19H,2-10H2,1H3. The van der Waals surface area contributed by atoms with Gasteiger partial charge in [-0.25, -0.2) is 4.68 Å². The van der Waals surface area contributed by atoms with Gasteiger partial charge in [0.15, 0.2) is 10.6 Å². The summed E-state index contributed by atoms with van der Waals surface area (Å²) in [7, 11) is 2.13. The van der Waals surface area contributed by atoms with Gasteiger partial charge in [0.1, 0.15) is 6.61 Å². The fraction of sp³-hybridized carbons (Fsp3) is 0.857. The summed E-state index contributed by atoms with van der Waals surface area (Å²) in [5, 5.41) is 13.9. The molecule has 2 fully saturated rings. The Morgan fingerprint density at radius 1 is 1.30 bits per heavy atom. The molecule has 0 bridgehead atoms. The smallest absolute Gasteiger partial charge is 0.199 e. The van der Waals surface area contributed by atoms with Crippen LogP contribution in [0.2, 0.25) is 0 Å². The van der Waals surface area contributed by atoms with Crippen LogP contribution < -0.4 is 0 Å². The summed E-state index contributed by atoms with van der Waals surface area (Å²) in [6, 6.07) is 0.471. The van der Waals surface area contributed by atoms with Gasteiger partial charge in [-0.15, -0.1) is 0 Å². The number of hydrogen-bond donors (Lipinski definition) is 1. The predicted octanol–water partition coefficient (Wildman–Crippen LogP) is 2.32. The molecule has 2 aliphatic carbocycles. The largest absolute Gasteiger partial charge is 0.388 e. The molecule has 0 saturated heterocycles. The Balaban J connectivity index is 1.68. The van der Waals surface area contributed by atoms with E-state index in [-0.39, 0.29) is 6.61 Å². The minimum atomic E-state index is -0.0283. The van der Waals surface area contributed by atoms with Gasteiger partial charge in [-0.3, -0.25) is 9.47 Å². The Kier molecular flexibility index (Phi) is 4.23. The van der Waals surface area contributed by atoms with E-state index in [0.29, 0.717) is 11.9 Å². The molecule has 2 saturated carbocycles. The highest BCUT2D eigenvalue weighted by atomic mass is 32.1. The third-order valence-corrected chi connectivity index (χ3v) is 4.82. The molecule has 0 amide bonds. The van der Waals surface area contributed by atoms with E-state index in [0.717, 1.165) is 36.7 Å². The molecular formula is C14H24N4OS. The monoisotopic (exact) mass is 296 g/mol. The number of aliphatic hydroxyl groups is 1. The third kappa shape index (κ3) is 2.97.